The lowest BCUT2D eigenvalue weighted by atomic mass is 10.0. The molecule has 0 aliphatic rings. The lowest BCUT2D eigenvalue weighted by molar-refractivity contribution is -0.349. The molecule has 8 heteroatoms. The molecular weight excluding hydrogens is 342 g/mol. The van der Waals surface area contributed by atoms with Gasteiger partial charge in [0.05, 0.1) is 6.04 Å². The summed E-state index contributed by atoms with van der Waals surface area (Å²) >= 11 is 0. The van der Waals surface area contributed by atoms with E-state index in [0.717, 1.165) is 0 Å². The Morgan fingerprint density at radius 2 is 1.81 bits per heavy atom. The van der Waals surface area contributed by atoms with Crippen molar-refractivity contribution in [1.29, 1.82) is 0 Å². The summed E-state index contributed by atoms with van der Waals surface area (Å²) in [4.78, 5) is 33.5. The van der Waals surface area contributed by atoms with Gasteiger partial charge in [-0.15, -0.1) is 0 Å². The molecule has 26 heavy (non-hydrogen) atoms. The third-order valence-corrected chi connectivity index (χ3v) is 3.06. The van der Waals surface area contributed by atoms with Gasteiger partial charge in [0, 0.05) is 6.61 Å². The van der Waals surface area contributed by atoms with Gasteiger partial charge in [0.1, 0.15) is 5.60 Å². The number of hydrogen-bond acceptors (Lipinski definition) is 7. The fourth-order valence-electron chi connectivity index (χ4n) is 2.00. The maximum Gasteiger partial charge on any atom is 0.408 e. The highest BCUT2D eigenvalue weighted by Crippen LogP contribution is 2.19. The molecular formula is C18H27NO7. The monoisotopic (exact) mass is 369 g/mol. The number of amides is 1. The molecule has 0 saturated heterocycles. The molecule has 2 N–H and O–H groups in total. The number of benzene rings is 1. The Morgan fingerprint density at radius 1 is 1.19 bits per heavy atom. The molecule has 0 bridgehead atoms. The van der Waals surface area contributed by atoms with Gasteiger partial charge in [0.15, 0.2) is 12.4 Å². The van der Waals surface area contributed by atoms with Crippen LogP contribution >= 0.6 is 0 Å². The highest BCUT2D eigenvalue weighted by atomic mass is 17.2. The van der Waals surface area contributed by atoms with Gasteiger partial charge in [-0.1, -0.05) is 30.3 Å². The van der Waals surface area contributed by atoms with E-state index in [4.69, 9.17) is 14.4 Å². The predicted octanol–water partition coefficient (Wildman–Crippen LogP) is 2.47. The molecule has 1 amide bonds. The Morgan fingerprint density at radius 3 is 2.35 bits per heavy atom. The maximum absolute atomic E-state index is 12.1. The average Bonchev–Trinajstić information content (AvgIpc) is 2.56. The van der Waals surface area contributed by atoms with Crippen molar-refractivity contribution in [1.82, 2.24) is 5.32 Å². The Bertz CT molecular complexity index is 571. The number of nitrogens with one attached hydrogen (secondary N) is 1. The van der Waals surface area contributed by atoms with Crippen LogP contribution in [0.3, 0.4) is 0 Å². The smallest absolute Gasteiger partial charge is 0.408 e. The maximum atomic E-state index is 12.1. The van der Waals surface area contributed by atoms with Crippen molar-refractivity contribution in [2.75, 3.05) is 6.61 Å². The quantitative estimate of drug-likeness (QED) is 0.412. The molecule has 0 spiro atoms. The van der Waals surface area contributed by atoms with Gasteiger partial charge in [-0.3, -0.25) is 4.89 Å². The van der Waals surface area contributed by atoms with Crippen LogP contribution in [0.5, 0.6) is 0 Å². The molecule has 3 unspecified atom stereocenters. The second kappa shape index (κ2) is 10.1. The molecule has 0 aromatic heterocycles. The van der Waals surface area contributed by atoms with Crippen molar-refractivity contribution >= 4 is 12.1 Å². The average molecular weight is 369 g/mol. The van der Waals surface area contributed by atoms with E-state index in [-0.39, 0.29) is 0 Å². The van der Waals surface area contributed by atoms with Crippen molar-refractivity contribution in [3.8, 4) is 0 Å². The van der Waals surface area contributed by atoms with E-state index < -0.39 is 36.1 Å². The van der Waals surface area contributed by atoms with E-state index >= 15 is 0 Å². The Balaban J connectivity index is 2.84. The number of carbonyl (C=O) groups is 2. The van der Waals surface area contributed by atoms with Crippen LogP contribution in [0.4, 0.5) is 4.79 Å². The van der Waals surface area contributed by atoms with E-state index in [2.05, 4.69) is 10.2 Å². The molecule has 1 aromatic rings. The molecule has 0 saturated carbocycles. The largest absolute Gasteiger partial charge is 0.444 e. The van der Waals surface area contributed by atoms with Crippen LogP contribution in [0.2, 0.25) is 0 Å². The first-order valence-electron chi connectivity index (χ1n) is 8.35. The van der Waals surface area contributed by atoms with Gasteiger partial charge < -0.3 is 19.9 Å². The number of carbonyl (C=O) groups excluding carboxylic acids is 2. The molecule has 1 rings (SSSR count). The van der Waals surface area contributed by atoms with Gasteiger partial charge in [0.2, 0.25) is 0 Å². The van der Waals surface area contributed by atoms with Crippen LogP contribution in [-0.4, -0.2) is 41.8 Å². The van der Waals surface area contributed by atoms with E-state index in [0.29, 0.717) is 12.2 Å². The van der Waals surface area contributed by atoms with Gasteiger partial charge in [-0.05, 0) is 40.2 Å². The first-order valence-corrected chi connectivity index (χ1v) is 8.35. The van der Waals surface area contributed by atoms with Crippen molar-refractivity contribution in [2.24, 2.45) is 0 Å². The van der Waals surface area contributed by atoms with Crippen LogP contribution < -0.4 is 5.32 Å². The summed E-state index contributed by atoms with van der Waals surface area (Å²) in [7, 11) is 0. The Labute approximate surface area is 153 Å². The van der Waals surface area contributed by atoms with Crippen LogP contribution in [0, 0.1) is 0 Å². The van der Waals surface area contributed by atoms with E-state index in [1.165, 1.54) is 6.92 Å². The predicted molar refractivity (Wildman–Crippen MR) is 92.8 cm³/mol. The standard InChI is InChI=1S/C18H27NO7/c1-6-23-12(2)25-26-16(21)15(20)14(13-10-8-7-9-11-13)19-17(22)24-18(3,4)5/h7-12,14-15,20H,6H2,1-5H3,(H,19,22). The summed E-state index contributed by atoms with van der Waals surface area (Å²) in [6.07, 6.45) is -3.27. The molecule has 1 aromatic carbocycles. The van der Waals surface area contributed by atoms with Crippen molar-refractivity contribution < 1.29 is 33.9 Å². The topological polar surface area (TPSA) is 103 Å². The number of alkyl carbamates (subject to hydrolysis) is 1. The minimum absolute atomic E-state index is 0.369. The molecule has 0 aliphatic heterocycles. The zero-order valence-electron chi connectivity index (χ0n) is 15.7. The summed E-state index contributed by atoms with van der Waals surface area (Å²) in [6, 6.07) is 7.43. The van der Waals surface area contributed by atoms with E-state index in [1.807, 2.05) is 0 Å². The summed E-state index contributed by atoms with van der Waals surface area (Å²) < 4.78 is 10.3. The van der Waals surface area contributed by atoms with Crippen molar-refractivity contribution in [3.63, 3.8) is 0 Å². The number of aliphatic hydroxyl groups excluding tert-OH is 1. The lowest BCUT2D eigenvalue weighted by Crippen LogP contribution is -2.43. The normalized spacial score (nSPS) is 14.8. The summed E-state index contributed by atoms with van der Waals surface area (Å²) in [5.41, 5.74) is -0.229. The van der Waals surface area contributed by atoms with Crippen molar-refractivity contribution in [3.05, 3.63) is 35.9 Å². The van der Waals surface area contributed by atoms with Gasteiger partial charge in [0.25, 0.3) is 0 Å². The number of rotatable bonds is 8. The molecule has 8 nitrogen and oxygen atoms in total. The SMILES string of the molecule is CCOC(C)OOC(=O)C(O)C(NC(=O)OC(C)(C)C)c1ccccc1. The molecule has 0 radical (unpaired) electrons. The minimum Gasteiger partial charge on any atom is -0.444 e. The molecule has 0 fully saturated rings. The van der Waals surface area contributed by atoms with Gasteiger partial charge >= 0.3 is 12.1 Å². The van der Waals surface area contributed by atoms with Crippen LogP contribution in [0.25, 0.3) is 0 Å². The second-order valence-electron chi connectivity index (χ2n) is 6.50. The molecule has 0 heterocycles. The summed E-state index contributed by atoms with van der Waals surface area (Å²) in [5, 5.41) is 12.8. The van der Waals surface area contributed by atoms with E-state index in [9.17, 15) is 14.7 Å². The minimum atomic E-state index is -1.71. The number of hydrogen-bond donors (Lipinski definition) is 2. The van der Waals surface area contributed by atoms with E-state index in [1.54, 1.807) is 58.0 Å². The van der Waals surface area contributed by atoms with Gasteiger partial charge in [-0.25, -0.2) is 9.59 Å². The van der Waals surface area contributed by atoms with Crippen LogP contribution in [-0.2, 0) is 24.0 Å². The first kappa shape index (κ1) is 21.9. The zero-order valence-corrected chi connectivity index (χ0v) is 15.7. The Hall–Kier alpha value is -2.16. The lowest BCUT2D eigenvalue weighted by Gasteiger charge is -2.26. The van der Waals surface area contributed by atoms with Crippen LogP contribution in [0.1, 0.15) is 46.2 Å². The Kier molecular flexibility index (Phi) is 8.50. The van der Waals surface area contributed by atoms with Crippen molar-refractivity contribution in [2.45, 2.75) is 58.7 Å². The highest BCUT2D eigenvalue weighted by molar-refractivity contribution is 5.77. The molecule has 0 aliphatic carbocycles. The third-order valence-electron chi connectivity index (χ3n) is 3.06. The van der Waals surface area contributed by atoms with Crippen LogP contribution in [0.15, 0.2) is 30.3 Å². The summed E-state index contributed by atoms with van der Waals surface area (Å²) in [5.74, 6) is -1.07. The highest BCUT2D eigenvalue weighted by Gasteiger charge is 2.33. The second-order valence-corrected chi connectivity index (χ2v) is 6.50. The fourth-order valence-corrected chi connectivity index (χ4v) is 2.00. The first-order chi connectivity index (χ1) is 12.1. The number of aliphatic hydroxyl groups is 1. The third kappa shape index (κ3) is 7.81. The fraction of sp³-hybridized carbons (Fsp3) is 0.556. The zero-order chi connectivity index (χ0) is 19.7. The molecule has 146 valence electrons. The number of ether oxygens (including phenoxy) is 2. The summed E-state index contributed by atoms with van der Waals surface area (Å²) in [6.45, 7) is 8.78. The van der Waals surface area contributed by atoms with Gasteiger partial charge in [-0.2, -0.15) is 4.89 Å². The molecule has 3 atom stereocenters.